The average molecular weight is 732 g/mol. The lowest BCUT2D eigenvalue weighted by molar-refractivity contribution is 0.769. The molecule has 3 nitrogen and oxygen atoms in total. The molecule has 8 aromatic carbocycles. The van der Waals surface area contributed by atoms with Crippen LogP contribution in [0.25, 0.3) is 76.6 Å². The molecule has 0 aliphatic heterocycles. The molecule has 0 saturated carbocycles. The molecule has 0 fully saturated rings. The van der Waals surface area contributed by atoms with E-state index in [2.05, 4.69) is 164 Å². The molecule has 0 unspecified atom stereocenters. The third-order valence-electron chi connectivity index (χ3n) is 11.2. The zero-order valence-corrected chi connectivity index (χ0v) is 31.1. The molecule has 56 heavy (non-hydrogen) atoms. The summed E-state index contributed by atoms with van der Waals surface area (Å²) in [4.78, 5) is 15.7. The monoisotopic (exact) mass is 731 g/mol. The van der Waals surface area contributed by atoms with E-state index >= 15 is 0 Å². The van der Waals surface area contributed by atoms with Crippen LogP contribution in [-0.4, -0.2) is 15.0 Å². The number of benzene rings is 8. The van der Waals surface area contributed by atoms with Crippen LogP contribution in [0.2, 0.25) is 0 Å². The van der Waals surface area contributed by atoms with Gasteiger partial charge in [-0.15, -0.1) is 11.3 Å². The van der Waals surface area contributed by atoms with E-state index in [1.807, 2.05) is 47.7 Å². The van der Waals surface area contributed by atoms with Gasteiger partial charge in [0.2, 0.25) is 0 Å². The second kappa shape index (κ2) is 13.1. The number of rotatable bonds is 6. The van der Waals surface area contributed by atoms with E-state index in [9.17, 15) is 0 Å². The highest BCUT2D eigenvalue weighted by Gasteiger charge is 2.47. The first-order chi connectivity index (χ1) is 27.8. The lowest BCUT2D eigenvalue weighted by atomic mass is 9.67. The fraction of sp³-hybridized carbons (Fsp3) is 0.0192. The molecule has 0 N–H and O–H groups in total. The zero-order valence-electron chi connectivity index (χ0n) is 30.3. The summed E-state index contributed by atoms with van der Waals surface area (Å²) in [6.07, 6.45) is 0. The minimum absolute atomic E-state index is 0.599. The van der Waals surface area contributed by atoms with Gasteiger partial charge in [0.05, 0.1) is 5.41 Å². The van der Waals surface area contributed by atoms with Crippen molar-refractivity contribution in [1.29, 1.82) is 0 Å². The van der Waals surface area contributed by atoms with Gasteiger partial charge >= 0.3 is 0 Å². The number of aromatic nitrogens is 3. The van der Waals surface area contributed by atoms with Crippen LogP contribution >= 0.6 is 11.3 Å². The number of fused-ring (bicyclic) bond motifs is 6. The van der Waals surface area contributed by atoms with Gasteiger partial charge in [0.25, 0.3) is 0 Å². The molecular weight excluding hydrogens is 699 g/mol. The molecule has 0 amide bonds. The highest BCUT2D eigenvalue weighted by molar-refractivity contribution is 7.25. The summed E-state index contributed by atoms with van der Waals surface area (Å²) in [6, 6.07) is 71.7. The number of hydrogen-bond acceptors (Lipinski definition) is 4. The topological polar surface area (TPSA) is 38.7 Å². The van der Waals surface area contributed by atoms with Crippen LogP contribution in [0.4, 0.5) is 0 Å². The highest BCUT2D eigenvalue weighted by atomic mass is 32.1. The van der Waals surface area contributed by atoms with Crippen molar-refractivity contribution in [2.45, 2.75) is 5.41 Å². The summed E-state index contributed by atoms with van der Waals surface area (Å²) in [6.45, 7) is 0. The van der Waals surface area contributed by atoms with Gasteiger partial charge in [0, 0.05) is 36.9 Å². The molecule has 1 aliphatic rings. The van der Waals surface area contributed by atoms with Crippen molar-refractivity contribution < 1.29 is 0 Å². The maximum absolute atomic E-state index is 5.34. The van der Waals surface area contributed by atoms with Crippen molar-refractivity contribution in [1.82, 2.24) is 15.0 Å². The van der Waals surface area contributed by atoms with Crippen LogP contribution in [0.5, 0.6) is 0 Å². The van der Waals surface area contributed by atoms with Crippen LogP contribution < -0.4 is 0 Å². The normalized spacial score (nSPS) is 12.8. The summed E-state index contributed by atoms with van der Waals surface area (Å²) >= 11 is 1.85. The molecule has 0 radical (unpaired) electrons. The van der Waals surface area contributed by atoms with Crippen molar-refractivity contribution in [3.05, 3.63) is 222 Å². The Hall–Kier alpha value is -7.01. The molecule has 1 aliphatic carbocycles. The number of thiophene rings is 1. The number of nitrogens with zero attached hydrogens (tertiary/aromatic N) is 3. The smallest absolute Gasteiger partial charge is 0.164 e. The molecule has 0 saturated heterocycles. The largest absolute Gasteiger partial charge is 0.208 e. The van der Waals surface area contributed by atoms with Crippen molar-refractivity contribution >= 4 is 31.5 Å². The third-order valence-corrected chi connectivity index (χ3v) is 12.3. The Kier molecular flexibility index (Phi) is 7.58. The van der Waals surface area contributed by atoms with Crippen LogP contribution in [0.1, 0.15) is 22.3 Å². The minimum atomic E-state index is -0.599. The lowest BCUT2D eigenvalue weighted by Gasteiger charge is -2.34. The maximum atomic E-state index is 5.34. The van der Waals surface area contributed by atoms with Gasteiger partial charge in [0.15, 0.2) is 17.5 Å². The lowest BCUT2D eigenvalue weighted by Crippen LogP contribution is -2.28. The van der Waals surface area contributed by atoms with Crippen molar-refractivity contribution in [3.63, 3.8) is 0 Å². The molecular formula is C52H33N3S. The molecule has 10 aromatic rings. The predicted octanol–water partition coefficient (Wildman–Crippen LogP) is 13.3. The molecule has 2 heterocycles. The fourth-order valence-corrected chi connectivity index (χ4v) is 9.89. The van der Waals surface area contributed by atoms with Crippen molar-refractivity contribution in [3.8, 4) is 56.4 Å². The Labute approximate surface area is 329 Å². The van der Waals surface area contributed by atoms with E-state index in [1.165, 1.54) is 48.0 Å². The van der Waals surface area contributed by atoms with Crippen molar-refractivity contribution in [2.75, 3.05) is 0 Å². The molecule has 11 rings (SSSR count). The summed E-state index contributed by atoms with van der Waals surface area (Å²) in [5, 5.41) is 2.58. The van der Waals surface area contributed by atoms with Gasteiger partial charge in [-0.05, 0) is 68.8 Å². The molecule has 4 heteroatoms. The standard InChI is InChI=1S/C52H33N3S/c1-5-17-34(18-6-1)49-53-50(35-19-7-2-8-20-35)55-51(54-49)43-31-37(36-29-30-41-40-25-14-16-28-46(40)56-47(41)33-36)32-45-48(43)42-26-13-15-27-44(42)52(45,38-21-9-3-10-22-38)39-23-11-4-12-24-39/h1-33H. The van der Waals surface area contributed by atoms with Crippen LogP contribution in [-0.2, 0) is 5.41 Å². The van der Waals surface area contributed by atoms with Gasteiger partial charge in [0.1, 0.15) is 0 Å². The Bertz CT molecular complexity index is 2970. The van der Waals surface area contributed by atoms with E-state index in [-0.39, 0.29) is 0 Å². The van der Waals surface area contributed by atoms with E-state index in [4.69, 9.17) is 15.0 Å². The molecule has 0 bridgehead atoms. The molecule has 2 aromatic heterocycles. The van der Waals surface area contributed by atoms with Crippen LogP contribution in [0, 0.1) is 0 Å². The molecule has 0 atom stereocenters. The van der Waals surface area contributed by atoms with Gasteiger partial charge < -0.3 is 0 Å². The highest BCUT2D eigenvalue weighted by Crippen LogP contribution is 2.59. The minimum Gasteiger partial charge on any atom is -0.208 e. The maximum Gasteiger partial charge on any atom is 0.164 e. The average Bonchev–Trinajstić information content (AvgIpc) is 3.80. The Morgan fingerprint density at radius 2 is 0.875 bits per heavy atom. The van der Waals surface area contributed by atoms with Crippen LogP contribution in [0.3, 0.4) is 0 Å². The predicted molar refractivity (Wildman–Crippen MR) is 232 cm³/mol. The second-order valence-electron chi connectivity index (χ2n) is 14.3. The SMILES string of the molecule is c1ccc(-c2nc(-c3ccccc3)nc(-c3cc(-c4ccc5c(c4)sc4ccccc45)cc4c3-c3ccccc3C4(c3ccccc3)c3ccccc3)n2)cc1. The van der Waals surface area contributed by atoms with Gasteiger partial charge in [-0.25, -0.2) is 15.0 Å². The summed E-state index contributed by atoms with van der Waals surface area (Å²) < 4.78 is 2.56. The zero-order chi connectivity index (χ0) is 37.1. The molecule has 0 spiro atoms. The molecule has 262 valence electrons. The van der Waals surface area contributed by atoms with Crippen LogP contribution in [0.15, 0.2) is 200 Å². The first-order valence-electron chi connectivity index (χ1n) is 18.9. The van der Waals surface area contributed by atoms with Gasteiger partial charge in [-0.3, -0.25) is 0 Å². The van der Waals surface area contributed by atoms with E-state index in [0.29, 0.717) is 17.5 Å². The second-order valence-corrected chi connectivity index (χ2v) is 15.4. The van der Waals surface area contributed by atoms with E-state index in [1.54, 1.807) is 0 Å². The summed E-state index contributed by atoms with van der Waals surface area (Å²) in [5.74, 6) is 1.93. The van der Waals surface area contributed by atoms with Crippen molar-refractivity contribution in [2.24, 2.45) is 0 Å². The fourth-order valence-electron chi connectivity index (χ4n) is 8.74. The first kappa shape index (κ1) is 32.4. The summed E-state index contributed by atoms with van der Waals surface area (Å²) in [5.41, 5.74) is 11.7. The number of hydrogen-bond donors (Lipinski definition) is 0. The quantitative estimate of drug-likeness (QED) is 0.171. The van der Waals surface area contributed by atoms with Gasteiger partial charge in [-0.1, -0.05) is 176 Å². The van der Waals surface area contributed by atoms with E-state index in [0.717, 1.165) is 33.4 Å². The Morgan fingerprint density at radius 1 is 0.339 bits per heavy atom. The first-order valence-corrected chi connectivity index (χ1v) is 19.8. The Balaban J connectivity index is 1.27. The summed E-state index contributed by atoms with van der Waals surface area (Å²) in [7, 11) is 0. The van der Waals surface area contributed by atoms with Gasteiger partial charge in [-0.2, -0.15) is 0 Å². The van der Waals surface area contributed by atoms with E-state index < -0.39 is 5.41 Å². The third kappa shape index (κ3) is 5.07. The Morgan fingerprint density at radius 3 is 1.54 bits per heavy atom.